The Morgan fingerprint density at radius 2 is 2.11 bits per heavy atom. The van der Waals surface area contributed by atoms with E-state index in [0.717, 1.165) is 6.42 Å². The molecule has 1 unspecified atom stereocenters. The van der Waals surface area contributed by atoms with Crippen LogP contribution < -0.4 is 5.73 Å². The number of nitrogens with two attached hydrogens (primary N) is 1. The van der Waals surface area contributed by atoms with Gasteiger partial charge in [0.15, 0.2) is 0 Å². The van der Waals surface area contributed by atoms with Gasteiger partial charge in [0.25, 0.3) is 5.91 Å². The molecule has 0 aromatic heterocycles. The van der Waals surface area contributed by atoms with Crippen LogP contribution in [0, 0.1) is 11.3 Å². The van der Waals surface area contributed by atoms with E-state index in [1.165, 1.54) is 4.90 Å². The molecule has 0 spiro atoms. The Bertz CT molecular complexity index is 716. The number of allylic oxidation sites excluding steroid dienone is 1. The highest BCUT2D eigenvalue weighted by molar-refractivity contribution is 6.42. The molecule has 1 fully saturated rings. The van der Waals surface area contributed by atoms with E-state index in [9.17, 15) is 18.0 Å². The number of nitrogens with one attached hydrogen (secondary N) is 1. The maximum Gasteiger partial charge on any atom is 0.430 e. The molecule has 1 aromatic carbocycles. The van der Waals surface area contributed by atoms with E-state index in [4.69, 9.17) is 27.5 Å². The van der Waals surface area contributed by atoms with E-state index in [0.29, 0.717) is 36.3 Å². The number of nitrogens with zero attached hydrogens (tertiary/aromatic N) is 1. The van der Waals surface area contributed by atoms with Crippen molar-refractivity contribution in [2.24, 2.45) is 11.7 Å². The van der Waals surface area contributed by atoms with E-state index in [-0.39, 0.29) is 19.0 Å². The van der Waals surface area contributed by atoms with Crippen molar-refractivity contribution in [2.45, 2.75) is 25.6 Å². The molecule has 1 atom stereocenters. The molecular formula is C18H21ClF3N3O2. The fourth-order valence-electron chi connectivity index (χ4n) is 2.70. The Morgan fingerprint density at radius 1 is 1.41 bits per heavy atom. The molecule has 1 heterocycles. The van der Waals surface area contributed by atoms with Crippen LogP contribution >= 0.6 is 11.6 Å². The van der Waals surface area contributed by atoms with Gasteiger partial charge in [-0.1, -0.05) is 29.8 Å². The lowest BCUT2D eigenvalue weighted by molar-refractivity contribution is -0.124. The van der Waals surface area contributed by atoms with Gasteiger partial charge in [-0.25, -0.2) is 0 Å². The van der Waals surface area contributed by atoms with E-state index in [1.807, 2.05) is 0 Å². The third-order valence-corrected chi connectivity index (χ3v) is 4.66. The molecule has 0 radical (unpaired) electrons. The first-order valence-corrected chi connectivity index (χ1v) is 8.79. The van der Waals surface area contributed by atoms with Crippen LogP contribution in [0.1, 0.15) is 18.4 Å². The van der Waals surface area contributed by atoms with Crippen LogP contribution in [0.4, 0.5) is 13.2 Å². The maximum absolute atomic E-state index is 12.6. The Hall–Kier alpha value is -2.06. The molecule has 5 nitrogen and oxygen atoms in total. The molecule has 1 amide bonds. The van der Waals surface area contributed by atoms with E-state index in [2.05, 4.69) is 0 Å². The van der Waals surface area contributed by atoms with Gasteiger partial charge in [-0.15, -0.1) is 0 Å². The summed E-state index contributed by atoms with van der Waals surface area (Å²) in [6, 6.07) is 6.88. The van der Waals surface area contributed by atoms with Gasteiger partial charge < -0.3 is 15.4 Å². The standard InChI is InChI=1S/C18H21ClF3N3O2/c19-14-4-2-1-3-13(14)10-25(7-5-12-6-8-27-11-12)17(26)15(23)9-16(24)18(20,21)22/h1-4,9,12,23H,5-8,10-11,24H2. The Morgan fingerprint density at radius 3 is 2.70 bits per heavy atom. The molecule has 1 aliphatic heterocycles. The summed E-state index contributed by atoms with van der Waals surface area (Å²) in [6.07, 6.45) is -2.95. The van der Waals surface area contributed by atoms with Crippen LogP contribution in [0.5, 0.6) is 0 Å². The number of alkyl halides is 3. The first-order valence-electron chi connectivity index (χ1n) is 8.42. The topological polar surface area (TPSA) is 79.4 Å². The average Bonchev–Trinajstić information content (AvgIpc) is 3.12. The summed E-state index contributed by atoms with van der Waals surface area (Å²) in [5.74, 6) is -0.558. The molecule has 27 heavy (non-hydrogen) atoms. The molecule has 0 aliphatic carbocycles. The summed E-state index contributed by atoms with van der Waals surface area (Å²) in [4.78, 5) is 13.9. The number of amides is 1. The minimum atomic E-state index is -4.79. The second-order valence-corrected chi connectivity index (χ2v) is 6.75. The van der Waals surface area contributed by atoms with Crippen molar-refractivity contribution in [1.29, 1.82) is 5.41 Å². The van der Waals surface area contributed by atoms with Gasteiger partial charge in [0.05, 0.1) is 0 Å². The zero-order valence-corrected chi connectivity index (χ0v) is 15.3. The Labute approximate surface area is 160 Å². The van der Waals surface area contributed by atoms with Crippen LogP contribution in [0.2, 0.25) is 5.02 Å². The normalized spacial score (nSPS) is 17.8. The van der Waals surface area contributed by atoms with Gasteiger partial charge in [-0.05, 0) is 36.5 Å². The maximum atomic E-state index is 12.6. The average molecular weight is 404 g/mol. The second-order valence-electron chi connectivity index (χ2n) is 6.35. The molecule has 1 aromatic rings. The van der Waals surface area contributed by atoms with Crippen LogP contribution in [0.3, 0.4) is 0 Å². The van der Waals surface area contributed by atoms with E-state index in [1.54, 1.807) is 24.3 Å². The third kappa shape index (κ3) is 6.25. The van der Waals surface area contributed by atoms with Crippen molar-refractivity contribution in [3.8, 4) is 0 Å². The predicted octanol–water partition coefficient (Wildman–Crippen LogP) is 3.52. The number of carbonyl (C=O) groups excluding carboxylic acids is 1. The number of rotatable bonds is 7. The summed E-state index contributed by atoms with van der Waals surface area (Å²) in [5.41, 5.74) is 3.27. The SMILES string of the molecule is N=C(C=C(N)C(F)(F)F)C(=O)N(CCC1CCOC1)Cc1ccccc1Cl. The fraction of sp³-hybridized carbons (Fsp3) is 0.444. The first kappa shape index (κ1) is 21.2. The van der Waals surface area contributed by atoms with Gasteiger partial charge in [-0.2, -0.15) is 13.2 Å². The quantitative estimate of drug-likeness (QED) is 0.683. The fourth-order valence-corrected chi connectivity index (χ4v) is 2.90. The lowest BCUT2D eigenvalue weighted by atomic mass is 10.0. The van der Waals surface area contributed by atoms with Crippen molar-refractivity contribution in [3.63, 3.8) is 0 Å². The minimum Gasteiger partial charge on any atom is -0.395 e. The number of hydrogen-bond acceptors (Lipinski definition) is 4. The molecule has 1 saturated heterocycles. The second kappa shape index (κ2) is 9.23. The van der Waals surface area contributed by atoms with Gasteiger partial charge in [0, 0.05) is 31.3 Å². The third-order valence-electron chi connectivity index (χ3n) is 4.30. The van der Waals surface area contributed by atoms with Crippen molar-refractivity contribution >= 4 is 23.2 Å². The van der Waals surface area contributed by atoms with Crippen molar-refractivity contribution in [3.05, 3.63) is 46.6 Å². The molecule has 0 saturated carbocycles. The molecule has 1 aliphatic rings. The number of hydrogen-bond donors (Lipinski definition) is 2. The smallest absolute Gasteiger partial charge is 0.395 e. The highest BCUT2D eigenvalue weighted by Crippen LogP contribution is 2.23. The summed E-state index contributed by atoms with van der Waals surface area (Å²) >= 11 is 6.13. The molecule has 0 bridgehead atoms. The summed E-state index contributed by atoms with van der Waals surface area (Å²) in [6.45, 7) is 1.62. The van der Waals surface area contributed by atoms with E-state index < -0.39 is 23.5 Å². The first-order chi connectivity index (χ1) is 12.7. The van der Waals surface area contributed by atoms with Crippen molar-refractivity contribution in [1.82, 2.24) is 4.90 Å². The van der Waals surface area contributed by atoms with Crippen molar-refractivity contribution < 1.29 is 22.7 Å². The number of halogens is 4. The number of carbonyl (C=O) groups is 1. The van der Waals surface area contributed by atoms with Gasteiger partial charge in [-0.3, -0.25) is 10.2 Å². The van der Waals surface area contributed by atoms with Crippen LogP contribution in [-0.2, 0) is 16.1 Å². The number of benzene rings is 1. The summed E-state index contributed by atoms with van der Waals surface area (Å²) in [7, 11) is 0. The molecule has 148 valence electrons. The lowest BCUT2D eigenvalue weighted by Gasteiger charge is -2.24. The van der Waals surface area contributed by atoms with Gasteiger partial charge in [0.1, 0.15) is 11.4 Å². The van der Waals surface area contributed by atoms with Crippen LogP contribution in [0.25, 0.3) is 0 Å². The summed E-state index contributed by atoms with van der Waals surface area (Å²) in [5, 5.41) is 8.18. The number of ether oxygens (including phenoxy) is 1. The molecule has 9 heteroatoms. The highest BCUT2D eigenvalue weighted by Gasteiger charge is 2.32. The molecule has 3 N–H and O–H groups in total. The Balaban J connectivity index is 2.15. The highest BCUT2D eigenvalue weighted by atomic mass is 35.5. The molecular weight excluding hydrogens is 383 g/mol. The molecule has 2 rings (SSSR count). The summed E-state index contributed by atoms with van der Waals surface area (Å²) < 4.78 is 43.0. The zero-order chi connectivity index (χ0) is 20.0. The van der Waals surface area contributed by atoms with Gasteiger partial charge >= 0.3 is 6.18 Å². The van der Waals surface area contributed by atoms with Crippen LogP contribution in [0.15, 0.2) is 36.0 Å². The minimum absolute atomic E-state index is 0.0915. The predicted molar refractivity (Wildman–Crippen MR) is 96.5 cm³/mol. The lowest BCUT2D eigenvalue weighted by Crippen LogP contribution is -2.37. The van der Waals surface area contributed by atoms with E-state index >= 15 is 0 Å². The van der Waals surface area contributed by atoms with Crippen molar-refractivity contribution in [2.75, 3.05) is 19.8 Å². The Kier molecular flexibility index (Phi) is 7.26. The van der Waals surface area contributed by atoms with Crippen LogP contribution in [-0.4, -0.2) is 42.5 Å². The van der Waals surface area contributed by atoms with Gasteiger partial charge in [0.2, 0.25) is 0 Å². The monoisotopic (exact) mass is 403 g/mol. The largest absolute Gasteiger partial charge is 0.430 e. The zero-order valence-electron chi connectivity index (χ0n) is 14.6.